The molecule has 0 aliphatic carbocycles. The average molecular weight is 168 g/mol. The van der Waals surface area contributed by atoms with Crippen molar-refractivity contribution in [3.8, 4) is 0 Å². The van der Waals surface area contributed by atoms with E-state index in [0.717, 1.165) is 18.7 Å². The fourth-order valence-corrected chi connectivity index (χ4v) is 1.24. The lowest BCUT2D eigenvalue weighted by atomic mass is 10.3. The molecule has 0 unspecified atom stereocenters. The van der Waals surface area contributed by atoms with Crippen molar-refractivity contribution < 1.29 is 4.74 Å². The van der Waals surface area contributed by atoms with Crippen molar-refractivity contribution >= 4 is 0 Å². The van der Waals surface area contributed by atoms with E-state index >= 15 is 0 Å². The third-order valence-electron chi connectivity index (χ3n) is 1.70. The molecule has 1 aromatic heterocycles. The summed E-state index contributed by atoms with van der Waals surface area (Å²) in [4.78, 5) is 0. The summed E-state index contributed by atoms with van der Waals surface area (Å²) in [6.07, 6.45) is 1.00. The summed E-state index contributed by atoms with van der Waals surface area (Å²) in [5.74, 6) is 0. The van der Waals surface area contributed by atoms with Gasteiger partial charge < -0.3 is 4.74 Å². The molecule has 0 fully saturated rings. The van der Waals surface area contributed by atoms with Gasteiger partial charge in [-0.25, -0.2) is 4.68 Å². The topological polar surface area (TPSA) is 27.1 Å². The second kappa shape index (κ2) is 4.26. The zero-order valence-corrected chi connectivity index (χ0v) is 8.00. The lowest BCUT2D eigenvalue weighted by Gasteiger charge is -2.12. The maximum Gasteiger partial charge on any atom is 0.139 e. The number of ether oxygens (including phenoxy) is 1. The van der Waals surface area contributed by atoms with E-state index in [-0.39, 0.29) is 0 Å². The highest BCUT2D eigenvalue weighted by molar-refractivity contribution is 5.09. The van der Waals surface area contributed by atoms with Crippen LogP contribution in [0.25, 0.3) is 0 Å². The maximum atomic E-state index is 5.21. The van der Waals surface area contributed by atoms with Crippen LogP contribution in [0, 0.1) is 6.92 Å². The number of fused-ring (bicyclic) bond motifs is 1. The molecule has 0 bridgehead atoms. The summed E-state index contributed by atoms with van der Waals surface area (Å²) in [5.41, 5.74) is 2.38. The molecule has 3 nitrogen and oxygen atoms in total. The van der Waals surface area contributed by atoms with E-state index in [1.54, 1.807) is 0 Å². The second-order valence-corrected chi connectivity index (χ2v) is 2.56. The molecule has 3 heteroatoms. The molecule has 0 saturated carbocycles. The summed E-state index contributed by atoms with van der Waals surface area (Å²) in [7, 11) is 0. The quantitative estimate of drug-likeness (QED) is 0.590. The van der Waals surface area contributed by atoms with Gasteiger partial charge in [-0.1, -0.05) is 13.8 Å². The van der Waals surface area contributed by atoms with Crippen LogP contribution in [0.3, 0.4) is 0 Å². The highest BCUT2D eigenvalue weighted by Crippen LogP contribution is 2.08. The molecule has 1 aliphatic heterocycles. The summed E-state index contributed by atoms with van der Waals surface area (Å²) in [6.45, 7) is 7.47. The van der Waals surface area contributed by atoms with Gasteiger partial charge in [0, 0.05) is 12.1 Å². The molecule has 2 heterocycles. The first-order chi connectivity index (χ1) is 5.86. The fraction of sp³-hybridized carbons (Fsp3) is 0.667. The molecule has 0 N–H and O–H groups in total. The zero-order chi connectivity index (χ0) is 8.97. The maximum absolute atomic E-state index is 5.21. The van der Waals surface area contributed by atoms with Crippen molar-refractivity contribution in [2.24, 2.45) is 0 Å². The molecule has 1 aromatic rings. The van der Waals surface area contributed by atoms with Crippen molar-refractivity contribution in [2.45, 2.75) is 33.9 Å². The molecule has 0 spiro atoms. The Bertz CT molecular complexity index is 219. The smallest absolute Gasteiger partial charge is 0.139 e. The van der Waals surface area contributed by atoms with Gasteiger partial charge in [-0.15, -0.1) is 0 Å². The Morgan fingerprint density at radius 3 is 2.92 bits per heavy atom. The zero-order valence-electron chi connectivity index (χ0n) is 8.00. The van der Waals surface area contributed by atoms with E-state index in [1.807, 2.05) is 25.5 Å². The SMILES string of the molecule is CC.Cc1cc2n(n1)COCC2. The minimum atomic E-state index is 0.628. The van der Waals surface area contributed by atoms with Crippen LogP contribution >= 0.6 is 0 Å². The van der Waals surface area contributed by atoms with Crippen molar-refractivity contribution in [1.29, 1.82) is 0 Å². The summed E-state index contributed by atoms with van der Waals surface area (Å²) in [5, 5.41) is 4.24. The van der Waals surface area contributed by atoms with Gasteiger partial charge in [-0.2, -0.15) is 5.10 Å². The Hall–Kier alpha value is -0.830. The molecule has 0 saturated heterocycles. The molecule has 2 rings (SSSR count). The Kier molecular flexibility index (Phi) is 3.29. The number of nitrogens with zero attached hydrogens (tertiary/aromatic N) is 2. The number of rotatable bonds is 0. The standard InChI is InChI=1S/C7H10N2O.C2H6/c1-6-4-7-2-3-10-5-9(7)8-6;1-2/h4H,2-3,5H2,1H3;1-2H3. The van der Waals surface area contributed by atoms with Gasteiger partial charge >= 0.3 is 0 Å². The molecular weight excluding hydrogens is 152 g/mol. The fourth-order valence-electron chi connectivity index (χ4n) is 1.24. The van der Waals surface area contributed by atoms with Crippen LogP contribution in [0.15, 0.2) is 6.07 Å². The second-order valence-electron chi connectivity index (χ2n) is 2.56. The van der Waals surface area contributed by atoms with Gasteiger partial charge in [0.1, 0.15) is 6.73 Å². The van der Waals surface area contributed by atoms with Gasteiger partial charge in [-0.3, -0.25) is 0 Å². The predicted octanol–water partition coefficient (Wildman–Crippen LogP) is 1.75. The van der Waals surface area contributed by atoms with Crippen LogP contribution < -0.4 is 0 Å². The van der Waals surface area contributed by atoms with Gasteiger partial charge in [0.25, 0.3) is 0 Å². The molecule has 0 aromatic carbocycles. The third kappa shape index (κ3) is 1.85. The highest BCUT2D eigenvalue weighted by atomic mass is 16.5. The van der Waals surface area contributed by atoms with Crippen molar-refractivity contribution in [3.63, 3.8) is 0 Å². The van der Waals surface area contributed by atoms with Gasteiger partial charge in [-0.05, 0) is 13.0 Å². The molecule has 12 heavy (non-hydrogen) atoms. The van der Waals surface area contributed by atoms with E-state index in [0.29, 0.717) is 6.73 Å². The van der Waals surface area contributed by atoms with Crippen molar-refractivity contribution in [3.05, 3.63) is 17.5 Å². The summed E-state index contributed by atoms with van der Waals surface area (Å²) >= 11 is 0. The lowest BCUT2D eigenvalue weighted by Crippen LogP contribution is -2.16. The van der Waals surface area contributed by atoms with E-state index in [9.17, 15) is 0 Å². The Balaban J connectivity index is 0.000000336. The van der Waals surface area contributed by atoms with Crippen LogP contribution in [0.4, 0.5) is 0 Å². The third-order valence-corrected chi connectivity index (χ3v) is 1.70. The van der Waals surface area contributed by atoms with Crippen LogP contribution in [0.1, 0.15) is 25.2 Å². The first-order valence-corrected chi connectivity index (χ1v) is 4.47. The first-order valence-electron chi connectivity index (χ1n) is 4.47. The minimum Gasteiger partial charge on any atom is -0.359 e. The van der Waals surface area contributed by atoms with Gasteiger partial charge in [0.15, 0.2) is 0 Å². The largest absolute Gasteiger partial charge is 0.359 e. The number of hydrogen-bond donors (Lipinski definition) is 0. The van der Waals surface area contributed by atoms with E-state index < -0.39 is 0 Å². The Morgan fingerprint density at radius 2 is 2.25 bits per heavy atom. The molecule has 0 amide bonds. The summed E-state index contributed by atoms with van der Waals surface area (Å²) < 4.78 is 7.13. The molecule has 1 aliphatic rings. The average Bonchev–Trinajstić information content (AvgIpc) is 2.48. The number of hydrogen-bond acceptors (Lipinski definition) is 2. The van der Waals surface area contributed by atoms with Crippen molar-refractivity contribution in [2.75, 3.05) is 6.61 Å². The van der Waals surface area contributed by atoms with Gasteiger partial charge in [0.2, 0.25) is 0 Å². The van der Waals surface area contributed by atoms with E-state index in [2.05, 4.69) is 11.2 Å². The Morgan fingerprint density at radius 1 is 1.50 bits per heavy atom. The van der Waals surface area contributed by atoms with E-state index in [1.165, 1.54) is 5.69 Å². The van der Waals surface area contributed by atoms with E-state index in [4.69, 9.17) is 4.74 Å². The lowest BCUT2D eigenvalue weighted by molar-refractivity contribution is 0.0478. The molecule has 0 radical (unpaired) electrons. The molecule has 0 atom stereocenters. The highest BCUT2D eigenvalue weighted by Gasteiger charge is 2.09. The number of aromatic nitrogens is 2. The van der Waals surface area contributed by atoms with Crippen LogP contribution in [-0.4, -0.2) is 16.4 Å². The van der Waals surface area contributed by atoms with Crippen LogP contribution in [0.5, 0.6) is 0 Å². The molecule has 68 valence electrons. The normalized spacial score (nSPS) is 14.6. The Labute approximate surface area is 73.3 Å². The van der Waals surface area contributed by atoms with Gasteiger partial charge in [0.05, 0.1) is 12.3 Å². The first kappa shape index (κ1) is 9.26. The molecular formula is C9H16N2O. The minimum absolute atomic E-state index is 0.628. The monoisotopic (exact) mass is 168 g/mol. The van der Waals surface area contributed by atoms with Crippen LogP contribution in [0.2, 0.25) is 0 Å². The van der Waals surface area contributed by atoms with Crippen LogP contribution in [-0.2, 0) is 17.9 Å². The number of aryl methyl sites for hydroxylation is 1. The predicted molar refractivity (Wildman–Crippen MR) is 48.0 cm³/mol. The van der Waals surface area contributed by atoms with Crippen molar-refractivity contribution in [1.82, 2.24) is 9.78 Å². The summed E-state index contributed by atoms with van der Waals surface area (Å²) in [6, 6.07) is 2.11.